The normalized spacial score (nSPS) is 13.7. The van der Waals surface area contributed by atoms with Gasteiger partial charge in [-0.15, -0.1) is 0 Å². The number of aromatic nitrogens is 1. The van der Waals surface area contributed by atoms with Crippen LogP contribution < -0.4 is 0 Å². The van der Waals surface area contributed by atoms with Gasteiger partial charge in [-0.3, -0.25) is 9.59 Å². The zero-order valence-corrected chi connectivity index (χ0v) is 14.4. The van der Waals surface area contributed by atoms with E-state index in [9.17, 15) is 14.7 Å². The maximum atomic E-state index is 12.7. The molecule has 5 nitrogen and oxygen atoms in total. The first-order valence-electron chi connectivity index (χ1n) is 8.23. The van der Waals surface area contributed by atoms with Gasteiger partial charge in [0.15, 0.2) is 5.76 Å². The van der Waals surface area contributed by atoms with E-state index in [0.29, 0.717) is 11.3 Å². The molecule has 0 saturated carbocycles. The molecule has 4 rings (SSSR count). The SMILES string of the molecule is COC1=CC(=O)c2c(c(CO)c(-c3ccc4ccccc4c3)n2C)C1=O. The second-order valence-corrected chi connectivity index (χ2v) is 6.24. The van der Waals surface area contributed by atoms with E-state index in [2.05, 4.69) is 0 Å². The van der Waals surface area contributed by atoms with Gasteiger partial charge in [0.05, 0.1) is 25.0 Å². The number of aliphatic hydroxyl groups is 1. The molecule has 1 N–H and O–H groups in total. The minimum absolute atomic E-state index is 0.00661. The molecule has 26 heavy (non-hydrogen) atoms. The van der Waals surface area contributed by atoms with Crippen LogP contribution in [-0.2, 0) is 18.4 Å². The number of ketones is 2. The molecule has 0 unspecified atom stereocenters. The first-order chi connectivity index (χ1) is 12.6. The molecule has 1 heterocycles. The number of hydrogen-bond acceptors (Lipinski definition) is 4. The second-order valence-electron chi connectivity index (χ2n) is 6.24. The van der Waals surface area contributed by atoms with Crippen molar-refractivity contribution in [1.29, 1.82) is 0 Å². The molecule has 1 aliphatic rings. The smallest absolute Gasteiger partial charge is 0.230 e. The number of aliphatic hydroxyl groups excluding tert-OH is 1. The van der Waals surface area contributed by atoms with Gasteiger partial charge in [0.2, 0.25) is 11.6 Å². The molecule has 0 radical (unpaired) electrons. The van der Waals surface area contributed by atoms with E-state index in [1.54, 1.807) is 11.6 Å². The van der Waals surface area contributed by atoms with Gasteiger partial charge in [0.25, 0.3) is 0 Å². The first-order valence-corrected chi connectivity index (χ1v) is 8.23. The van der Waals surface area contributed by atoms with Crippen LogP contribution in [0.4, 0.5) is 0 Å². The van der Waals surface area contributed by atoms with Crippen molar-refractivity contribution in [3.63, 3.8) is 0 Å². The summed E-state index contributed by atoms with van der Waals surface area (Å²) in [4.78, 5) is 25.2. The summed E-state index contributed by atoms with van der Waals surface area (Å²) >= 11 is 0. The second kappa shape index (κ2) is 5.97. The molecule has 0 spiro atoms. The lowest BCUT2D eigenvalue weighted by atomic mass is 9.95. The van der Waals surface area contributed by atoms with Gasteiger partial charge in [-0.05, 0) is 22.4 Å². The number of allylic oxidation sites excluding steroid dienone is 2. The average molecular weight is 347 g/mol. The van der Waals surface area contributed by atoms with Gasteiger partial charge in [0, 0.05) is 18.7 Å². The van der Waals surface area contributed by atoms with Crippen LogP contribution >= 0.6 is 0 Å². The van der Waals surface area contributed by atoms with Crippen molar-refractivity contribution in [2.75, 3.05) is 7.11 Å². The molecule has 5 heteroatoms. The van der Waals surface area contributed by atoms with E-state index in [4.69, 9.17) is 4.74 Å². The zero-order valence-electron chi connectivity index (χ0n) is 14.4. The van der Waals surface area contributed by atoms with E-state index in [1.165, 1.54) is 13.2 Å². The molecule has 0 aliphatic heterocycles. The molecule has 1 aromatic heterocycles. The van der Waals surface area contributed by atoms with Gasteiger partial charge < -0.3 is 14.4 Å². The predicted octanol–water partition coefficient (Wildman–Crippen LogP) is 3.25. The lowest BCUT2D eigenvalue weighted by molar-refractivity contribution is 0.0911. The Hall–Kier alpha value is -3.18. The van der Waals surface area contributed by atoms with E-state index in [1.807, 2.05) is 42.5 Å². The van der Waals surface area contributed by atoms with Crippen LogP contribution in [0, 0.1) is 0 Å². The molecule has 3 aromatic rings. The Labute approximate surface area is 150 Å². The van der Waals surface area contributed by atoms with Crippen LogP contribution in [0.5, 0.6) is 0 Å². The summed E-state index contributed by atoms with van der Waals surface area (Å²) in [5, 5.41) is 12.1. The Balaban J connectivity index is 2.00. The van der Waals surface area contributed by atoms with Crippen molar-refractivity contribution in [2.24, 2.45) is 7.05 Å². The molecular weight excluding hydrogens is 330 g/mol. The maximum absolute atomic E-state index is 12.7. The topological polar surface area (TPSA) is 68.5 Å². The number of hydrogen-bond donors (Lipinski definition) is 1. The summed E-state index contributed by atoms with van der Waals surface area (Å²) in [6.07, 6.45) is 1.20. The first kappa shape index (κ1) is 16.3. The number of carbonyl (C=O) groups is 2. The van der Waals surface area contributed by atoms with Gasteiger partial charge in [0.1, 0.15) is 5.69 Å². The van der Waals surface area contributed by atoms with Crippen molar-refractivity contribution in [2.45, 2.75) is 6.61 Å². The zero-order chi connectivity index (χ0) is 18.4. The van der Waals surface area contributed by atoms with Crippen molar-refractivity contribution in [1.82, 2.24) is 4.57 Å². The fourth-order valence-corrected chi connectivity index (χ4v) is 3.66. The van der Waals surface area contributed by atoms with Gasteiger partial charge in [-0.2, -0.15) is 0 Å². The van der Waals surface area contributed by atoms with Crippen molar-refractivity contribution < 1.29 is 19.4 Å². The maximum Gasteiger partial charge on any atom is 0.230 e. The van der Waals surface area contributed by atoms with Gasteiger partial charge >= 0.3 is 0 Å². The minimum atomic E-state index is -0.381. The van der Waals surface area contributed by atoms with Gasteiger partial charge in [-0.25, -0.2) is 0 Å². The predicted molar refractivity (Wildman–Crippen MR) is 98.0 cm³/mol. The lowest BCUT2D eigenvalue weighted by Gasteiger charge is -2.12. The summed E-state index contributed by atoms with van der Waals surface area (Å²) in [6.45, 7) is -0.346. The van der Waals surface area contributed by atoms with E-state index >= 15 is 0 Å². The number of methoxy groups -OCH3 is 1. The fourth-order valence-electron chi connectivity index (χ4n) is 3.66. The van der Waals surface area contributed by atoms with E-state index in [0.717, 1.165) is 16.3 Å². The van der Waals surface area contributed by atoms with Crippen LogP contribution in [0.15, 0.2) is 54.3 Å². The summed E-state index contributed by atoms with van der Waals surface area (Å²) in [5.41, 5.74) is 2.45. The van der Waals surface area contributed by atoms with Crippen molar-refractivity contribution in [3.8, 4) is 11.3 Å². The number of Topliss-reactive ketones (excluding diaryl/α,β-unsaturated/α-hetero) is 1. The van der Waals surface area contributed by atoms with Crippen LogP contribution in [0.2, 0.25) is 0 Å². The third-order valence-corrected chi connectivity index (χ3v) is 4.84. The largest absolute Gasteiger partial charge is 0.492 e. The highest BCUT2D eigenvalue weighted by Crippen LogP contribution is 2.36. The summed E-state index contributed by atoms with van der Waals surface area (Å²) in [5.74, 6) is -0.692. The molecule has 0 atom stereocenters. The Morgan fingerprint density at radius 1 is 1.04 bits per heavy atom. The number of carbonyl (C=O) groups excluding carboxylic acids is 2. The third-order valence-electron chi connectivity index (χ3n) is 4.84. The molecule has 0 amide bonds. The summed E-state index contributed by atoms with van der Waals surface area (Å²) in [6, 6.07) is 13.9. The Morgan fingerprint density at radius 2 is 1.77 bits per heavy atom. The Kier molecular flexibility index (Phi) is 3.74. The highest BCUT2D eigenvalue weighted by atomic mass is 16.5. The molecule has 130 valence electrons. The quantitative estimate of drug-likeness (QED) is 0.790. The number of ether oxygens (including phenoxy) is 1. The van der Waals surface area contributed by atoms with Crippen LogP contribution in [-0.4, -0.2) is 28.3 Å². The molecule has 2 aromatic carbocycles. The summed E-state index contributed by atoms with van der Waals surface area (Å²) < 4.78 is 6.73. The van der Waals surface area contributed by atoms with Crippen LogP contribution in [0.3, 0.4) is 0 Å². The van der Waals surface area contributed by atoms with Gasteiger partial charge in [-0.1, -0.05) is 36.4 Å². The highest BCUT2D eigenvalue weighted by molar-refractivity contribution is 6.24. The Morgan fingerprint density at radius 3 is 2.46 bits per heavy atom. The fraction of sp³-hybridized carbons (Fsp3) is 0.143. The minimum Gasteiger partial charge on any atom is -0.492 e. The summed E-state index contributed by atoms with van der Waals surface area (Å²) in [7, 11) is 3.09. The average Bonchev–Trinajstić information content (AvgIpc) is 2.97. The van der Waals surface area contributed by atoms with E-state index < -0.39 is 0 Å². The van der Waals surface area contributed by atoms with E-state index in [-0.39, 0.29) is 35.2 Å². The monoisotopic (exact) mass is 347 g/mol. The molecule has 0 bridgehead atoms. The molecule has 1 aliphatic carbocycles. The van der Waals surface area contributed by atoms with Crippen LogP contribution in [0.1, 0.15) is 26.4 Å². The van der Waals surface area contributed by atoms with Crippen molar-refractivity contribution >= 4 is 22.3 Å². The lowest BCUT2D eigenvalue weighted by Crippen LogP contribution is -2.20. The van der Waals surface area contributed by atoms with Crippen molar-refractivity contribution in [3.05, 3.63) is 71.1 Å². The standard InChI is InChI=1S/C21H17NO4/c1-22-19(14-8-7-12-5-3-4-6-13(12)9-14)15(11-23)18-20(22)16(24)10-17(26-2)21(18)25/h3-10,23H,11H2,1-2H3. The third kappa shape index (κ3) is 2.21. The number of rotatable bonds is 3. The number of nitrogens with zero attached hydrogens (tertiary/aromatic N) is 1. The molecular formula is C21H17NO4. The Bertz CT molecular complexity index is 1100. The number of benzene rings is 2. The molecule has 0 saturated heterocycles. The number of fused-ring (bicyclic) bond motifs is 2. The molecule has 0 fully saturated rings. The van der Waals surface area contributed by atoms with Crippen LogP contribution in [0.25, 0.3) is 22.0 Å². The highest BCUT2D eigenvalue weighted by Gasteiger charge is 2.35.